The van der Waals surface area contributed by atoms with Crippen molar-refractivity contribution in [3.63, 3.8) is 0 Å². The summed E-state index contributed by atoms with van der Waals surface area (Å²) < 4.78 is 0. The van der Waals surface area contributed by atoms with Gasteiger partial charge in [0, 0.05) is 36.6 Å². The van der Waals surface area contributed by atoms with Crippen LogP contribution in [-0.2, 0) is 6.54 Å². The lowest BCUT2D eigenvalue weighted by atomic mass is 10.2. The van der Waals surface area contributed by atoms with E-state index in [1.807, 2.05) is 24.6 Å². The largest absolute Gasteiger partial charge is 0.318 e. The summed E-state index contributed by atoms with van der Waals surface area (Å²) >= 11 is 1.83. The maximum absolute atomic E-state index is 4.43. The first kappa shape index (κ1) is 15.8. The molecule has 16 heavy (non-hydrogen) atoms. The van der Waals surface area contributed by atoms with Gasteiger partial charge in [-0.15, -0.1) is 23.7 Å². The lowest BCUT2D eigenvalue weighted by Gasteiger charge is -2.14. The van der Waals surface area contributed by atoms with Gasteiger partial charge in [0.1, 0.15) is 0 Å². The number of rotatable bonds is 6. The molecule has 0 saturated carbocycles. The first-order valence-electron chi connectivity index (χ1n) is 5.41. The monoisotopic (exact) mass is 263 g/mol. The minimum atomic E-state index is 0. The molecule has 1 N–H and O–H groups in total. The summed E-state index contributed by atoms with van der Waals surface area (Å²) in [6.07, 6.45) is 2.01. The molecule has 0 unspecified atom stereocenters. The van der Waals surface area contributed by atoms with Crippen molar-refractivity contribution in [1.29, 1.82) is 0 Å². The summed E-state index contributed by atoms with van der Waals surface area (Å²) in [4.78, 5) is 8.10. The molecule has 0 aliphatic heterocycles. The molecule has 0 spiro atoms. The van der Waals surface area contributed by atoms with Crippen LogP contribution in [0.3, 0.4) is 0 Å². The van der Waals surface area contributed by atoms with E-state index in [4.69, 9.17) is 0 Å². The van der Waals surface area contributed by atoms with Crippen LogP contribution in [0.25, 0.3) is 0 Å². The molecule has 0 amide bonds. The van der Waals surface area contributed by atoms with Crippen molar-refractivity contribution in [3.8, 4) is 0 Å². The fourth-order valence-corrected chi connectivity index (χ4v) is 2.31. The van der Waals surface area contributed by atoms with Gasteiger partial charge in [-0.25, -0.2) is 4.98 Å². The van der Waals surface area contributed by atoms with Gasteiger partial charge >= 0.3 is 0 Å². The van der Waals surface area contributed by atoms with Crippen LogP contribution in [0, 0.1) is 0 Å². The zero-order valence-corrected chi connectivity index (χ0v) is 12.1. The van der Waals surface area contributed by atoms with Crippen LogP contribution < -0.4 is 5.32 Å². The highest BCUT2D eigenvalue weighted by Crippen LogP contribution is 2.21. The van der Waals surface area contributed by atoms with Gasteiger partial charge in [0.15, 0.2) is 0 Å². The summed E-state index contributed by atoms with van der Waals surface area (Å²) in [6, 6.07) is 0. The van der Waals surface area contributed by atoms with E-state index in [2.05, 4.69) is 36.1 Å². The summed E-state index contributed by atoms with van der Waals surface area (Å²) in [6.45, 7) is 7.49. The molecule has 94 valence electrons. The van der Waals surface area contributed by atoms with Crippen LogP contribution in [0.2, 0.25) is 0 Å². The lowest BCUT2D eigenvalue weighted by molar-refractivity contribution is 0.331. The van der Waals surface area contributed by atoms with E-state index in [1.165, 1.54) is 9.88 Å². The van der Waals surface area contributed by atoms with Gasteiger partial charge in [-0.05, 0) is 14.1 Å². The number of halogens is 1. The highest BCUT2D eigenvalue weighted by molar-refractivity contribution is 7.11. The third-order valence-corrected chi connectivity index (χ3v) is 3.52. The summed E-state index contributed by atoms with van der Waals surface area (Å²) in [5, 5.41) is 4.40. The second-order valence-electron chi connectivity index (χ2n) is 4.16. The van der Waals surface area contributed by atoms with Crippen molar-refractivity contribution < 1.29 is 0 Å². The second kappa shape index (κ2) is 8.01. The Balaban J connectivity index is 0.00000225. The molecule has 0 atom stereocenters. The maximum atomic E-state index is 4.43. The van der Waals surface area contributed by atoms with E-state index >= 15 is 0 Å². The molecule has 3 nitrogen and oxygen atoms in total. The fourth-order valence-electron chi connectivity index (χ4n) is 1.31. The van der Waals surface area contributed by atoms with Crippen molar-refractivity contribution in [2.75, 3.05) is 27.2 Å². The Bertz CT molecular complexity index is 289. The predicted octanol–water partition coefficient (Wildman–Crippen LogP) is 2.34. The number of aromatic nitrogens is 1. The molecule has 0 aliphatic carbocycles. The normalized spacial score (nSPS) is 10.9. The number of nitrogens with one attached hydrogen (secondary N) is 1. The molecule has 1 rings (SSSR count). The first-order valence-corrected chi connectivity index (χ1v) is 6.23. The van der Waals surface area contributed by atoms with Crippen LogP contribution in [0.15, 0.2) is 6.20 Å². The molecular weight excluding hydrogens is 242 g/mol. The van der Waals surface area contributed by atoms with E-state index in [0.29, 0.717) is 5.92 Å². The Morgan fingerprint density at radius 3 is 2.69 bits per heavy atom. The molecule has 0 bridgehead atoms. The van der Waals surface area contributed by atoms with Gasteiger partial charge in [0.2, 0.25) is 0 Å². The number of likely N-dealkylation sites (N-methyl/N-ethyl adjacent to an activating group) is 2. The highest BCUT2D eigenvalue weighted by atomic mass is 35.5. The summed E-state index contributed by atoms with van der Waals surface area (Å²) in [5.74, 6) is 0.548. The minimum Gasteiger partial charge on any atom is -0.318 e. The quantitative estimate of drug-likeness (QED) is 0.854. The van der Waals surface area contributed by atoms with E-state index in [0.717, 1.165) is 19.6 Å². The average Bonchev–Trinajstić information content (AvgIpc) is 2.63. The van der Waals surface area contributed by atoms with Crippen molar-refractivity contribution in [3.05, 3.63) is 16.1 Å². The Labute approximate surface area is 109 Å². The molecule has 5 heteroatoms. The Morgan fingerprint density at radius 2 is 2.19 bits per heavy atom. The molecule has 0 aliphatic rings. The maximum Gasteiger partial charge on any atom is 0.0953 e. The molecule has 0 aromatic carbocycles. The van der Waals surface area contributed by atoms with Crippen LogP contribution in [-0.4, -0.2) is 37.1 Å². The zero-order valence-electron chi connectivity index (χ0n) is 10.5. The number of nitrogens with zero attached hydrogens (tertiary/aromatic N) is 2. The average molecular weight is 264 g/mol. The van der Waals surface area contributed by atoms with Gasteiger partial charge in [-0.3, -0.25) is 4.90 Å². The van der Waals surface area contributed by atoms with E-state index in [-0.39, 0.29) is 12.4 Å². The first-order chi connectivity index (χ1) is 7.13. The Morgan fingerprint density at radius 1 is 1.50 bits per heavy atom. The van der Waals surface area contributed by atoms with Crippen molar-refractivity contribution >= 4 is 23.7 Å². The van der Waals surface area contributed by atoms with Crippen LogP contribution >= 0.6 is 23.7 Å². The van der Waals surface area contributed by atoms with Gasteiger partial charge in [-0.2, -0.15) is 0 Å². The summed E-state index contributed by atoms with van der Waals surface area (Å²) in [5.41, 5.74) is 0. The third-order valence-electron chi connectivity index (χ3n) is 2.23. The molecule has 1 aromatic heterocycles. The Kier molecular flexibility index (Phi) is 7.93. The fraction of sp³-hybridized carbons (Fsp3) is 0.727. The van der Waals surface area contributed by atoms with Crippen molar-refractivity contribution in [1.82, 2.24) is 15.2 Å². The molecule has 0 saturated heterocycles. The minimum absolute atomic E-state index is 0. The standard InChI is InChI=1S/C11H21N3S.ClH/c1-9(2)11-13-7-10(15-11)8-14(4)6-5-12-3;/h7,9,12H,5-6,8H2,1-4H3;1H. The van der Waals surface area contributed by atoms with Gasteiger partial charge < -0.3 is 5.32 Å². The molecule has 0 fully saturated rings. The molecule has 0 radical (unpaired) electrons. The molecule has 1 heterocycles. The van der Waals surface area contributed by atoms with E-state index in [1.54, 1.807) is 0 Å². The SMILES string of the molecule is CNCCN(C)Cc1cnc(C(C)C)s1.Cl. The zero-order chi connectivity index (χ0) is 11.3. The summed E-state index contributed by atoms with van der Waals surface area (Å²) in [7, 11) is 4.13. The second-order valence-corrected chi connectivity index (χ2v) is 5.31. The predicted molar refractivity (Wildman–Crippen MR) is 73.7 cm³/mol. The van der Waals surface area contributed by atoms with E-state index in [9.17, 15) is 0 Å². The molecule has 1 aromatic rings. The van der Waals surface area contributed by atoms with Crippen LogP contribution in [0.4, 0.5) is 0 Å². The van der Waals surface area contributed by atoms with Crippen LogP contribution in [0.1, 0.15) is 29.7 Å². The lowest BCUT2D eigenvalue weighted by Crippen LogP contribution is -2.26. The number of hydrogen-bond acceptors (Lipinski definition) is 4. The van der Waals surface area contributed by atoms with Gasteiger partial charge in [0.25, 0.3) is 0 Å². The molecular formula is C11H22ClN3S. The van der Waals surface area contributed by atoms with Gasteiger partial charge in [-0.1, -0.05) is 13.8 Å². The number of hydrogen-bond donors (Lipinski definition) is 1. The van der Waals surface area contributed by atoms with Crippen molar-refractivity contribution in [2.24, 2.45) is 0 Å². The third kappa shape index (κ3) is 5.25. The topological polar surface area (TPSA) is 28.2 Å². The van der Waals surface area contributed by atoms with Crippen LogP contribution in [0.5, 0.6) is 0 Å². The Hall–Kier alpha value is -0.160. The van der Waals surface area contributed by atoms with E-state index < -0.39 is 0 Å². The van der Waals surface area contributed by atoms with Crippen molar-refractivity contribution in [2.45, 2.75) is 26.3 Å². The smallest absolute Gasteiger partial charge is 0.0953 e. The number of thiazole rings is 1. The van der Waals surface area contributed by atoms with Gasteiger partial charge in [0.05, 0.1) is 5.01 Å². The highest BCUT2D eigenvalue weighted by Gasteiger charge is 2.07.